The molecule has 0 spiro atoms. The van der Waals surface area contributed by atoms with E-state index in [4.69, 9.17) is 14.3 Å². The molecule has 0 aromatic heterocycles. The van der Waals surface area contributed by atoms with Crippen molar-refractivity contribution in [2.24, 2.45) is 11.1 Å². The van der Waals surface area contributed by atoms with Gasteiger partial charge in [-0.1, -0.05) is 29.4 Å². The van der Waals surface area contributed by atoms with Crippen LogP contribution in [0.25, 0.3) is 0 Å². The molecule has 142 valence electrons. The fourth-order valence-electron chi connectivity index (χ4n) is 3.75. The number of rotatable bonds is 7. The maximum absolute atomic E-state index is 6.46. The molecule has 5 heteroatoms. The summed E-state index contributed by atoms with van der Waals surface area (Å²) in [4.78, 5) is 7.83. The molecule has 1 heterocycles. The van der Waals surface area contributed by atoms with Gasteiger partial charge in [-0.2, -0.15) is 0 Å². The van der Waals surface area contributed by atoms with Gasteiger partial charge in [0.1, 0.15) is 23.7 Å². The molecule has 4 rings (SSSR count). The van der Waals surface area contributed by atoms with Crippen molar-refractivity contribution in [1.82, 2.24) is 4.90 Å². The number of benzene rings is 2. The van der Waals surface area contributed by atoms with E-state index in [1.807, 2.05) is 30.3 Å². The first-order chi connectivity index (χ1) is 13.1. The lowest BCUT2D eigenvalue weighted by Crippen LogP contribution is -2.28. The minimum absolute atomic E-state index is 0.217. The van der Waals surface area contributed by atoms with Crippen molar-refractivity contribution in [3.63, 3.8) is 0 Å². The number of ether oxygens (including phenoxy) is 2. The maximum atomic E-state index is 6.46. The number of para-hydroxylation sites is 1. The van der Waals surface area contributed by atoms with E-state index < -0.39 is 0 Å². The predicted molar refractivity (Wildman–Crippen MR) is 106 cm³/mol. The Morgan fingerprint density at radius 3 is 2.67 bits per heavy atom. The highest BCUT2D eigenvalue weighted by Crippen LogP contribution is 2.60. The Morgan fingerprint density at radius 2 is 1.93 bits per heavy atom. The summed E-state index contributed by atoms with van der Waals surface area (Å²) in [6.45, 7) is 1.61. The summed E-state index contributed by atoms with van der Waals surface area (Å²) in [6.07, 6.45) is 1.87. The van der Waals surface area contributed by atoms with Crippen molar-refractivity contribution >= 4 is 5.71 Å². The van der Waals surface area contributed by atoms with Gasteiger partial charge in [-0.05, 0) is 50.3 Å². The monoisotopic (exact) mass is 366 g/mol. The average molecular weight is 366 g/mol. The first kappa shape index (κ1) is 17.9. The van der Waals surface area contributed by atoms with Crippen LogP contribution in [0.5, 0.6) is 11.5 Å². The van der Waals surface area contributed by atoms with Crippen LogP contribution in [0.2, 0.25) is 0 Å². The number of oxime groups is 1. The van der Waals surface area contributed by atoms with Gasteiger partial charge in [-0.15, -0.1) is 0 Å². The fraction of sp³-hybridized carbons (Fsp3) is 0.409. The second-order valence-electron chi connectivity index (χ2n) is 7.44. The first-order valence-electron chi connectivity index (χ1n) is 9.41. The summed E-state index contributed by atoms with van der Waals surface area (Å²) in [7, 11) is 5.81. The van der Waals surface area contributed by atoms with Gasteiger partial charge in [0, 0.05) is 18.5 Å². The molecule has 1 aliphatic heterocycles. The lowest BCUT2D eigenvalue weighted by atomic mass is 9.95. The third-order valence-electron chi connectivity index (χ3n) is 5.28. The summed E-state index contributed by atoms with van der Waals surface area (Å²) in [6, 6.07) is 16.2. The Morgan fingerprint density at radius 1 is 1.15 bits per heavy atom. The van der Waals surface area contributed by atoms with Crippen molar-refractivity contribution in [3.8, 4) is 11.5 Å². The van der Waals surface area contributed by atoms with E-state index in [-0.39, 0.29) is 11.5 Å². The molecule has 2 aromatic carbocycles. The third-order valence-corrected chi connectivity index (χ3v) is 5.28. The standard InChI is InChI=1S/C22H26N2O3/c1-24(2)13-6-14-26-23-21-18-7-4-5-8-20(18)27-22(15-19(21)22)16-9-11-17(25-3)12-10-16/h4-5,7-12,19H,6,13-15H2,1-3H3. The van der Waals surface area contributed by atoms with Gasteiger partial charge in [-0.25, -0.2) is 0 Å². The van der Waals surface area contributed by atoms with Crippen molar-refractivity contribution in [3.05, 3.63) is 59.7 Å². The molecule has 0 bridgehead atoms. The minimum Gasteiger partial charge on any atom is -0.497 e. The molecule has 2 aliphatic rings. The molecule has 0 radical (unpaired) electrons. The topological polar surface area (TPSA) is 43.3 Å². The molecule has 2 atom stereocenters. The van der Waals surface area contributed by atoms with Crippen molar-refractivity contribution in [2.75, 3.05) is 34.4 Å². The van der Waals surface area contributed by atoms with Crippen LogP contribution < -0.4 is 9.47 Å². The SMILES string of the molecule is COc1ccc(C23CC2C(=NOCCCN(C)C)c2ccccc2O3)cc1. The highest BCUT2D eigenvalue weighted by Gasteiger charge is 2.64. The Bertz CT molecular complexity index is 832. The molecule has 0 N–H and O–H groups in total. The van der Waals surface area contributed by atoms with Gasteiger partial charge in [0.15, 0.2) is 0 Å². The van der Waals surface area contributed by atoms with E-state index in [0.29, 0.717) is 6.61 Å². The molecule has 0 amide bonds. The zero-order chi connectivity index (χ0) is 18.9. The Balaban J connectivity index is 1.58. The molecular formula is C22H26N2O3. The summed E-state index contributed by atoms with van der Waals surface area (Å²) >= 11 is 0. The predicted octanol–water partition coefficient (Wildman–Crippen LogP) is 3.68. The lowest BCUT2D eigenvalue weighted by Gasteiger charge is -2.27. The van der Waals surface area contributed by atoms with Gasteiger partial charge in [0.05, 0.1) is 18.7 Å². The van der Waals surface area contributed by atoms with E-state index in [1.165, 1.54) is 0 Å². The molecule has 0 saturated heterocycles. The van der Waals surface area contributed by atoms with Crippen molar-refractivity contribution in [1.29, 1.82) is 0 Å². The second-order valence-corrected chi connectivity index (χ2v) is 7.44. The smallest absolute Gasteiger partial charge is 0.143 e. The highest BCUT2D eigenvalue weighted by atomic mass is 16.6. The number of hydrogen-bond acceptors (Lipinski definition) is 5. The summed E-state index contributed by atoms with van der Waals surface area (Å²) in [5, 5.41) is 4.54. The second kappa shape index (κ2) is 7.24. The third kappa shape index (κ3) is 3.39. The molecule has 1 fully saturated rings. The van der Waals surface area contributed by atoms with Crippen molar-refractivity contribution < 1.29 is 14.3 Å². The van der Waals surface area contributed by atoms with Gasteiger partial charge >= 0.3 is 0 Å². The van der Waals surface area contributed by atoms with E-state index in [9.17, 15) is 0 Å². The number of hydrogen-bond donors (Lipinski definition) is 0. The van der Waals surface area contributed by atoms with Gasteiger partial charge in [0.2, 0.25) is 0 Å². The van der Waals surface area contributed by atoms with Crippen LogP contribution >= 0.6 is 0 Å². The highest BCUT2D eigenvalue weighted by molar-refractivity contribution is 6.08. The quantitative estimate of drug-likeness (QED) is 0.554. The molecule has 5 nitrogen and oxygen atoms in total. The van der Waals surface area contributed by atoms with Crippen LogP contribution in [0.3, 0.4) is 0 Å². The number of methoxy groups -OCH3 is 1. The Kier molecular flexibility index (Phi) is 4.79. The first-order valence-corrected chi connectivity index (χ1v) is 9.41. The normalized spacial score (nSPS) is 24.1. The Hall–Kier alpha value is -2.53. The zero-order valence-electron chi connectivity index (χ0n) is 16.1. The number of fused-ring (bicyclic) bond motifs is 2. The molecule has 27 heavy (non-hydrogen) atoms. The molecule has 2 aromatic rings. The molecular weight excluding hydrogens is 340 g/mol. The van der Waals surface area contributed by atoms with E-state index in [0.717, 1.165) is 47.7 Å². The Labute approximate surface area is 160 Å². The summed E-state index contributed by atoms with van der Waals surface area (Å²) in [5.74, 6) is 1.94. The van der Waals surface area contributed by atoms with Crippen LogP contribution in [0.4, 0.5) is 0 Å². The molecule has 1 saturated carbocycles. The summed E-state index contributed by atoms with van der Waals surface area (Å²) < 4.78 is 11.7. The van der Waals surface area contributed by atoms with Crippen LogP contribution in [0.1, 0.15) is 24.0 Å². The molecule has 2 unspecified atom stereocenters. The van der Waals surface area contributed by atoms with Gasteiger partial charge in [0.25, 0.3) is 0 Å². The van der Waals surface area contributed by atoms with Gasteiger partial charge < -0.3 is 19.2 Å². The maximum Gasteiger partial charge on any atom is 0.143 e. The zero-order valence-corrected chi connectivity index (χ0v) is 16.1. The van der Waals surface area contributed by atoms with E-state index in [1.54, 1.807) is 7.11 Å². The van der Waals surface area contributed by atoms with E-state index >= 15 is 0 Å². The van der Waals surface area contributed by atoms with E-state index in [2.05, 4.69) is 42.4 Å². The fourth-order valence-corrected chi connectivity index (χ4v) is 3.75. The van der Waals surface area contributed by atoms with Gasteiger partial charge in [-0.3, -0.25) is 0 Å². The minimum atomic E-state index is -0.341. The number of nitrogens with zero attached hydrogens (tertiary/aromatic N) is 2. The lowest BCUT2D eigenvalue weighted by molar-refractivity contribution is 0.129. The average Bonchev–Trinajstić information content (AvgIpc) is 3.42. The van der Waals surface area contributed by atoms with Crippen LogP contribution in [0.15, 0.2) is 53.7 Å². The largest absolute Gasteiger partial charge is 0.497 e. The summed E-state index contributed by atoms with van der Waals surface area (Å²) in [5.41, 5.74) is 2.85. The molecule has 1 aliphatic carbocycles. The van der Waals surface area contributed by atoms with Crippen molar-refractivity contribution in [2.45, 2.75) is 18.4 Å². The van der Waals surface area contributed by atoms with Crippen LogP contribution in [-0.4, -0.2) is 45.0 Å². The van der Waals surface area contributed by atoms with Crippen LogP contribution in [-0.2, 0) is 10.4 Å². The van der Waals surface area contributed by atoms with Crippen LogP contribution in [0, 0.1) is 5.92 Å².